The average molecular weight is 396 g/mol. The number of hydrazine groups is 1. The Bertz CT molecular complexity index is 817. The van der Waals surface area contributed by atoms with Gasteiger partial charge in [0.15, 0.2) is 0 Å². The highest BCUT2D eigenvalue weighted by molar-refractivity contribution is 5.99. The number of nitrogens with zero attached hydrogens (tertiary/aromatic N) is 1. The number of urea groups is 1. The first-order chi connectivity index (χ1) is 14.0. The Labute approximate surface area is 170 Å². The molecule has 4 bridgehead atoms. The number of hydrogen-bond donors (Lipinski definition) is 3. The van der Waals surface area contributed by atoms with Gasteiger partial charge < -0.3 is 5.32 Å². The minimum absolute atomic E-state index is 0.102. The van der Waals surface area contributed by atoms with Crippen LogP contribution in [0.2, 0.25) is 0 Å². The monoisotopic (exact) mass is 396 g/mol. The van der Waals surface area contributed by atoms with E-state index in [9.17, 15) is 14.4 Å². The Morgan fingerprint density at radius 2 is 1.76 bits per heavy atom. The van der Waals surface area contributed by atoms with E-state index in [-0.39, 0.29) is 23.3 Å². The summed E-state index contributed by atoms with van der Waals surface area (Å²) in [6.45, 7) is 1.17. The van der Waals surface area contributed by atoms with Crippen LogP contribution in [0.4, 0.5) is 10.5 Å². The minimum atomic E-state index is -0.370. The van der Waals surface area contributed by atoms with Crippen molar-refractivity contribution in [3.63, 3.8) is 0 Å². The van der Waals surface area contributed by atoms with Crippen molar-refractivity contribution in [3.8, 4) is 0 Å². The summed E-state index contributed by atoms with van der Waals surface area (Å²) in [6.07, 6.45) is 8.06. The second-order valence-electron chi connectivity index (χ2n) is 9.53. The lowest BCUT2D eigenvalue weighted by molar-refractivity contribution is -0.130. The van der Waals surface area contributed by atoms with Crippen LogP contribution in [-0.4, -0.2) is 30.9 Å². The molecule has 1 aromatic carbocycles. The normalized spacial score (nSPS) is 32.2. The van der Waals surface area contributed by atoms with E-state index in [0.717, 1.165) is 17.8 Å². The summed E-state index contributed by atoms with van der Waals surface area (Å²) in [5.74, 6) is 1.93. The lowest BCUT2D eigenvalue weighted by Gasteiger charge is -2.56. The van der Waals surface area contributed by atoms with Gasteiger partial charge in [-0.2, -0.15) is 0 Å². The Kier molecular flexibility index (Phi) is 4.48. The van der Waals surface area contributed by atoms with Crippen molar-refractivity contribution >= 4 is 23.5 Å². The third-order valence-corrected chi connectivity index (χ3v) is 7.29. The summed E-state index contributed by atoms with van der Waals surface area (Å²) in [5.41, 5.74) is 6.41. The number of amides is 4. The maximum Gasteiger partial charge on any atom is 0.321 e. The van der Waals surface area contributed by atoms with Crippen molar-refractivity contribution in [1.29, 1.82) is 0 Å². The van der Waals surface area contributed by atoms with Crippen molar-refractivity contribution in [2.24, 2.45) is 23.2 Å². The largest absolute Gasteiger partial charge is 0.336 e. The van der Waals surface area contributed by atoms with Crippen molar-refractivity contribution in [2.75, 3.05) is 18.0 Å². The second-order valence-corrected chi connectivity index (χ2v) is 9.53. The van der Waals surface area contributed by atoms with Crippen LogP contribution in [0, 0.1) is 23.2 Å². The van der Waals surface area contributed by atoms with Crippen LogP contribution in [0.5, 0.6) is 0 Å². The SMILES string of the molecule is O=C(CC12CC3CC(CC(C3)C1)C2)NNC(=O)c1cccc(N2CCNC2=O)c1. The summed E-state index contributed by atoms with van der Waals surface area (Å²) in [6, 6.07) is 6.73. The van der Waals surface area contributed by atoms with Gasteiger partial charge in [-0.1, -0.05) is 6.07 Å². The molecule has 5 aliphatic rings. The molecule has 1 heterocycles. The topological polar surface area (TPSA) is 90.5 Å². The molecule has 0 spiro atoms. The fourth-order valence-electron chi connectivity index (χ4n) is 6.62. The number of rotatable bonds is 4. The molecule has 0 aromatic heterocycles. The van der Waals surface area contributed by atoms with Crippen molar-refractivity contribution < 1.29 is 14.4 Å². The van der Waals surface area contributed by atoms with Crippen LogP contribution in [-0.2, 0) is 4.79 Å². The fourth-order valence-corrected chi connectivity index (χ4v) is 6.62. The molecule has 4 saturated carbocycles. The Morgan fingerprint density at radius 1 is 1.07 bits per heavy atom. The van der Waals surface area contributed by atoms with E-state index in [1.54, 1.807) is 29.2 Å². The van der Waals surface area contributed by atoms with Crippen LogP contribution >= 0.6 is 0 Å². The maximum absolute atomic E-state index is 12.6. The van der Waals surface area contributed by atoms with Crippen LogP contribution < -0.4 is 21.1 Å². The molecule has 7 nitrogen and oxygen atoms in total. The Balaban J connectivity index is 1.18. The van der Waals surface area contributed by atoms with Gasteiger partial charge in [-0.3, -0.25) is 25.3 Å². The number of anilines is 1. The van der Waals surface area contributed by atoms with Gasteiger partial charge in [0.25, 0.3) is 5.91 Å². The van der Waals surface area contributed by atoms with Crippen molar-refractivity contribution in [3.05, 3.63) is 29.8 Å². The molecule has 0 radical (unpaired) electrons. The minimum Gasteiger partial charge on any atom is -0.336 e. The van der Waals surface area contributed by atoms with Gasteiger partial charge in [0, 0.05) is 30.8 Å². The summed E-state index contributed by atoms with van der Waals surface area (Å²) >= 11 is 0. The smallest absolute Gasteiger partial charge is 0.321 e. The zero-order valence-corrected chi connectivity index (χ0v) is 16.6. The Hall–Kier alpha value is -2.57. The predicted octanol–water partition coefficient (Wildman–Crippen LogP) is 2.58. The standard InChI is InChI=1S/C22H28N4O3/c27-19(13-22-10-14-6-15(11-22)8-16(7-14)12-22)24-25-20(28)17-2-1-3-18(9-17)26-5-4-23-21(26)29/h1-3,9,14-16H,4-8,10-13H2,(H,23,29)(H,24,27)(H,25,28). The lowest BCUT2D eigenvalue weighted by Crippen LogP contribution is -2.50. The van der Waals surface area contributed by atoms with Crippen molar-refractivity contribution in [1.82, 2.24) is 16.2 Å². The van der Waals surface area contributed by atoms with E-state index in [1.165, 1.54) is 38.5 Å². The first-order valence-electron chi connectivity index (χ1n) is 10.7. The zero-order valence-electron chi connectivity index (χ0n) is 16.6. The van der Waals surface area contributed by atoms with Gasteiger partial charge in [-0.05, 0) is 79.9 Å². The summed E-state index contributed by atoms with van der Waals surface area (Å²) in [7, 11) is 0. The van der Waals surface area contributed by atoms with Crippen LogP contribution in [0.3, 0.4) is 0 Å². The molecule has 1 saturated heterocycles. The first-order valence-corrected chi connectivity index (χ1v) is 10.7. The highest BCUT2D eigenvalue weighted by atomic mass is 16.2. The molecule has 6 rings (SSSR count). The predicted molar refractivity (Wildman–Crippen MR) is 108 cm³/mol. The maximum atomic E-state index is 12.6. The highest BCUT2D eigenvalue weighted by Gasteiger charge is 2.51. The van der Waals surface area contributed by atoms with Crippen LogP contribution in [0.1, 0.15) is 55.3 Å². The molecule has 154 valence electrons. The third-order valence-electron chi connectivity index (χ3n) is 7.29. The molecule has 1 aliphatic heterocycles. The van der Waals surface area contributed by atoms with E-state index in [4.69, 9.17) is 0 Å². The zero-order chi connectivity index (χ0) is 20.0. The third kappa shape index (κ3) is 3.58. The molecule has 5 fully saturated rings. The molecular weight excluding hydrogens is 368 g/mol. The van der Waals surface area contributed by atoms with E-state index in [2.05, 4.69) is 16.2 Å². The number of nitrogens with one attached hydrogen (secondary N) is 3. The summed E-state index contributed by atoms with van der Waals surface area (Å²) in [4.78, 5) is 38.5. The Morgan fingerprint density at radius 3 is 2.38 bits per heavy atom. The molecule has 3 N–H and O–H groups in total. The lowest BCUT2D eigenvalue weighted by atomic mass is 9.49. The molecule has 0 atom stereocenters. The molecule has 0 unspecified atom stereocenters. The molecule has 4 amide bonds. The number of hydrogen-bond acceptors (Lipinski definition) is 3. The van der Waals surface area contributed by atoms with E-state index in [1.807, 2.05) is 0 Å². The van der Waals surface area contributed by atoms with Gasteiger partial charge in [-0.15, -0.1) is 0 Å². The van der Waals surface area contributed by atoms with Crippen molar-refractivity contribution in [2.45, 2.75) is 44.9 Å². The van der Waals surface area contributed by atoms with E-state index < -0.39 is 0 Å². The summed E-state index contributed by atoms with van der Waals surface area (Å²) in [5, 5.41) is 2.75. The molecule has 1 aromatic rings. The second kappa shape index (κ2) is 7.04. The van der Waals surface area contributed by atoms with Crippen LogP contribution in [0.25, 0.3) is 0 Å². The fraction of sp³-hybridized carbons (Fsp3) is 0.591. The van der Waals surface area contributed by atoms with E-state index >= 15 is 0 Å². The highest BCUT2D eigenvalue weighted by Crippen LogP contribution is 2.61. The molecule has 4 aliphatic carbocycles. The van der Waals surface area contributed by atoms with E-state index in [0.29, 0.717) is 30.8 Å². The van der Waals surface area contributed by atoms with Gasteiger partial charge in [0.2, 0.25) is 5.91 Å². The van der Waals surface area contributed by atoms with Gasteiger partial charge in [0.05, 0.1) is 0 Å². The number of carbonyl (C=O) groups is 3. The molecule has 7 heteroatoms. The molecular formula is C22H28N4O3. The number of carbonyl (C=O) groups excluding carboxylic acids is 3. The van der Waals surface area contributed by atoms with Gasteiger partial charge >= 0.3 is 6.03 Å². The van der Waals surface area contributed by atoms with Gasteiger partial charge in [-0.25, -0.2) is 4.79 Å². The number of benzene rings is 1. The summed E-state index contributed by atoms with van der Waals surface area (Å²) < 4.78 is 0. The quantitative estimate of drug-likeness (QED) is 0.683. The average Bonchev–Trinajstić information content (AvgIpc) is 3.11. The first kappa shape index (κ1) is 18.5. The van der Waals surface area contributed by atoms with Gasteiger partial charge in [0.1, 0.15) is 0 Å². The van der Waals surface area contributed by atoms with Crippen LogP contribution in [0.15, 0.2) is 24.3 Å². The molecule has 29 heavy (non-hydrogen) atoms.